The fourth-order valence-corrected chi connectivity index (χ4v) is 12.4. The number of unbranched alkanes of at least 4 members (excludes halogenated alkanes) is 1. The van der Waals surface area contributed by atoms with Gasteiger partial charge in [0.1, 0.15) is 72.5 Å². The van der Waals surface area contributed by atoms with E-state index in [4.69, 9.17) is 28.3 Å². The maximum absolute atomic E-state index is 14.2. The molecule has 2 aromatic rings. The van der Waals surface area contributed by atoms with E-state index in [0.29, 0.717) is 12.8 Å². The predicted molar refractivity (Wildman–Crippen MR) is 454 cm³/mol. The minimum atomic E-state index is -2.12. The molecule has 0 aliphatic rings. The highest BCUT2D eigenvalue weighted by Crippen LogP contribution is 2.20. The van der Waals surface area contributed by atoms with Crippen LogP contribution in [0.5, 0.6) is 0 Å². The van der Waals surface area contributed by atoms with Crippen LogP contribution in [0.15, 0.2) is 30.5 Å². The Balaban J connectivity index is 2.21. The number of primary amides is 1. The van der Waals surface area contributed by atoms with Gasteiger partial charge in [0.05, 0.1) is 45.1 Å². The molecule has 0 bridgehead atoms. The van der Waals surface area contributed by atoms with Gasteiger partial charge in [-0.3, -0.25) is 101 Å². The molecule has 0 fully saturated rings. The van der Waals surface area contributed by atoms with E-state index in [1.165, 1.54) is 48.5 Å². The van der Waals surface area contributed by atoms with Gasteiger partial charge in [0, 0.05) is 36.5 Å². The number of carbonyl (C=O) groups is 21. The normalized spacial score (nSPS) is 14.2. The number of aliphatic carboxylic acids is 4. The molecule has 1 aromatic carbocycles. The minimum absolute atomic E-state index is 0.00174. The molecule has 127 heavy (non-hydrogen) atoms. The Bertz CT molecular complexity index is 4190. The second-order valence-electron chi connectivity index (χ2n) is 32.2. The lowest BCUT2D eigenvalue weighted by atomic mass is 9.99. The SMILES string of the molecule is CC(C)C[C@H](NC(=O)[C@H](CCCNC(=N)N)NC(=O)CNC(=O)[C@H](CC(C)C)NC(=O)[C@H](C)NC(=O)[C@H](CCC(=O)O)NC(=O)CNC(=O)CNC(=O)[C@@H](NC(=O)[C@H](CCC(=O)O)NC(=O)[C@H](CC(=O)O)NC(=O)[C@@H](NC(=O)[C@H](CC(N)=O)NC(=O)[C@@H](NC(=O)[C@H](CCCCN)NC(=O)CNC(=O)[C@@H](N)Cc1c[nH]c2ccccc12)C(C)C)C(C)C)C(C)C)C(=O)O. The number of benzene rings is 1. The van der Waals surface area contributed by atoms with Gasteiger partial charge in [-0.1, -0.05) is 87.4 Å². The van der Waals surface area contributed by atoms with Gasteiger partial charge < -0.3 is 139 Å². The van der Waals surface area contributed by atoms with Crippen LogP contribution in [-0.2, 0) is 107 Å². The van der Waals surface area contributed by atoms with Crippen LogP contribution in [0.25, 0.3) is 10.9 Å². The van der Waals surface area contributed by atoms with Gasteiger partial charge in [0.15, 0.2) is 5.96 Å². The summed E-state index contributed by atoms with van der Waals surface area (Å²) in [6, 6.07) is -12.9. The minimum Gasteiger partial charge on any atom is -0.481 e. The van der Waals surface area contributed by atoms with Gasteiger partial charge >= 0.3 is 23.9 Å². The third-order valence-electron chi connectivity index (χ3n) is 19.2. The number of nitrogens with one attached hydrogen (secondary N) is 19. The topological polar surface area (TPSA) is 788 Å². The number of fused-ring (bicyclic) bond motifs is 1. The summed E-state index contributed by atoms with van der Waals surface area (Å²) in [5.74, 6) is -27.0. The van der Waals surface area contributed by atoms with E-state index in [0.717, 1.165) is 16.5 Å². The summed E-state index contributed by atoms with van der Waals surface area (Å²) < 4.78 is 0. The van der Waals surface area contributed by atoms with Gasteiger partial charge in [-0.15, -0.1) is 0 Å². The van der Waals surface area contributed by atoms with Crippen LogP contribution in [-0.4, -0.2) is 273 Å². The molecule has 0 radical (unpaired) electrons. The molecule has 13 atom stereocenters. The molecule has 0 spiro atoms. The molecule has 0 aliphatic carbocycles. The number of guanidine groups is 1. The zero-order valence-electron chi connectivity index (χ0n) is 73.1. The lowest BCUT2D eigenvalue weighted by molar-refractivity contribution is -0.143. The number of amides is 17. The fourth-order valence-electron chi connectivity index (χ4n) is 12.4. The van der Waals surface area contributed by atoms with Crippen LogP contribution in [0.3, 0.4) is 0 Å². The number of carboxylic acids is 4. The Labute approximate surface area is 732 Å². The van der Waals surface area contributed by atoms with Crippen molar-refractivity contribution in [2.75, 3.05) is 39.3 Å². The Morgan fingerprint density at radius 2 is 0.780 bits per heavy atom. The Morgan fingerprint density at radius 1 is 0.386 bits per heavy atom. The van der Waals surface area contributed by atoms with Crippen molar-refractivity contribution >= 4 is 141 Å². The molecule has 48 heteroatoms. The number of aromatic amines is 1. The van der Waals surface area contributed by atoms with E-state index >= 15 is 0 Å². The number of aromatic nitrogens is 1. The van der Waals surface area contributed by atoms with E-state index in [9.17, 15) is 121 Å². The van der Waals surface area contributed by atoms with Crippen molar-refractivity contribution in [3.05, 3.63) is 36.0 Å². The van der Waals surface area contributed by atoms with E-state index in [1.807, 2.05) is 24.3 Å². The quantitative estimate of drug-likeness (QED) is 0.0166. The maximum atomic E-state index is 14.2. The molecular formula is C79H127N23O25. The molecule has 17 amide bonds. The van der Waals surface area contributed by atoms with Crippen molar-refractivity contribution in [1.29, 1.82) is 5.41 Å². The van der Waals surface area contributed by atoms with Crippen molar-refractivity contribution in [1.82, 2.24) is 95.4 Å². The summed E-state index contributed by atoms with van der Waals surface area (Å²) in [6.07, 6.45) is -2.29. The molecule has 0 aliphatic heterocycles. The number of carboxylic acid groups (broad SMARTS) is 4. The number of carbonyl (C=O) groups excluding carboxylic acids is 17. The smallest absolute Gasteiger partial charge is 0.326 e. The van der Waals surface area contributed by atoms with Crippen LogP contribution in [0, 0.1) is 35.0 Å². The molecule has 1 aromatic heterocycles. The number of nitrogens with two attached hydrogens (primary N) is 4. The highest BCUT2D eigenvalue weighted by molar-refractivity contribution is 6.02. The Hall–Kier alpha value is -13.2. The van der Waals surface area contributed by atoms with Crippen LogP contribution in [0.4, 0.5) is 0 Å². The van der Waals surface area contributed by atoms with Crippen molar-refractivity contribution in [3.8, 4) is 0 Å². The fraction of sp³-hybridized carbons (Fsp3) is 0.620. The van der Waals surface area contributed by atoms with E-state index in [-0.39, 0.29) is 69.4 Å². The third kappa shape index (κ3) is 42.4. The second kappa shape index (κ2) is 55.9. The first kappa shape index (κ1) is 110. The summed E-state index contributed by atoms with van der Waals surface area (Å²) in [7, 11) is 0. The zero-order chi connectivity index (χ0) is 96.2. The van der Waals surface area contributed by atoms with Crippen LogP contribution in [0.2, 0.25) is 0 Å². The molecule has 2 rings (SSSR count). The van der Waals surface area contributed by atoms with E-state index in [2.05, 4.69) is 95.4 Å². The Morgan fingerprint density at radius 3 is 1.25 bits per heavy atom. The van der Waals surface area contributed by atoms with Crippen molar-refractivity contribution in [2.24, 2.45) is 52.5 Å². The maximum Gasteiger partial charge on any atom is 0.326 e. The third-order valence-corrected chi connectivity index (χ3v) is 19.2. The largest absolute Gasteiger partial charge is 0.481 e. The number of para-hydroxylation sites is 1. The highest BCUT2D eigenvalue weighted by atomic mass is 16.4. The Kier molecular flexibility index (Phi) is 48.4. The summed E-state index contributed by atoms with van der Waals surface area (Å²) in [5.41, 5.74) is 24.3. The zero-order valence-corrected chi connectivity index (χ0v) is 73.1. The summed E-state index contributed by atoms with van der Waals surface area (Å²) in [4.78, 5) is 282. The average Bonchev–Trinajstić information content (AvgIpc) is 1.78. The van der Waals surface area contributed by atoms with E-state index in [1.54, 1.807) is 33.9 Å². The van der Waals surface area contributed by atoms with Gasteiger partial charge in [0.2, 0.25) is 100 Å². The number of hydrogen-bond donors (Lipinski definition) is 27. The molecule has 48 nitrogen and oxygen atoms in total. The second-order valence-corrected chi connectivity index (χ2v) is 32.2. The first-order valence-electron chi connectivity index (χ1n) is 41.4. The van der Waals surface area contributed by atoms with Gasteiger partial charge in [-0.05, 0) is 119 Å². The molecule has 708 valence electrons. The van der Waals surface area contributed by atoms with Gasteiger partial charge in [-0.2, -0.15) is 0 Å². The van der Waals surface area contributed by atoms with E-state index < -0.39 is 285 Å². The summed E-state index contributed by atoms with van der Waals surface area (Å²) in [5, 5.41) is 87.1. The number of rotatable bonds is 60. The highest BCUT2D eigenvalue weighted by Gasteiger charge is 2.39. The predicted octanol–water partition coefficient (Wildman–Crippen LogP) is -7.04. The lowest BCUT2D eigenvalue weighted by Gasteiger charge is -2.29. The van der Waals surface area contributed by atoms with Crippen molar-refractivity contribution in [3.63, 3.8) is 0 Å². The summed E-state index contributed by atoms with van der Waals surface area (Å²) >= 11 is 0. The van der Waals surface area contributed by atoms with Crippen LogP contribution < -0.4 is 113 Å². The first-order valence-corrected chi connectivity index (χ1v) is 41.4. The monoisotopic (exact) mass is 1800 g/mol. The van der Waals surface area contributed by atoms with Gasteiger partial charge in [-0.25, -0.2) is 4.79 Å². The van der Waals surface area contributed by atoms with Gasteiger partial charge in [0.25, 0.3) is 0 Å². The first-order chi connectivity index (χ1) is 59.4. The molecular weight excluding hydrogens is 1670 g/mol. The van der Waals surface area contributed by atoms with Crippen molar-refractivity contribution < 1.29 is 121 Å². The average molecular weight is 1800 g/mol. The number of hydrogen-bond acceptors (Lipinski definition) is 24. The van der Waals surface area contributed by atoms with Crippen LogP contribution in [0.1, 0.15) is 165 Å². The summed E-state index contributed by atoms with van der Waals surface area (Å²) in [6.45, 7) is 13.8. The molecule has 31 N–H and O–H groups in total. The molecule has 0 saturated heterocycles. The molecule has 1 heterocycles. The lowest BCUT2D eigenvalue weighted by Crippen LogP contribution is -2.62. The standard InChI is InChI=1S/C79H127N23O25/c1-37(2)27-51(68(116)89-36-59(107)93-48(20-16-26-85-79(83)84)70(118)99-54(78(126)127)28-38(3)4)96-66(114)42(11)91-69(117)49(21-23-60(108)109)94-57(105)34-87-56(104)33-90-75(123)63(39(5)6)100-72(120)50(22-24-61(110)111)95-73(121)53(31-62(112)113)98-77(125)65(41(9)10)102-74(122)52(30-55(82)103)97-76(124)64(40(7)8)101-71(119)47(19-14-15-25-80)92-58(106)35-88-67(115)45(81)29-43-32-86-46-18-13-12-17-44(43)46/h12-13,17-18,32,37-42,45,47-54,63-65,86H,14-16,19-31,33-36,80-81H2,1-11H3,(H2,82,103)(H,87,104)(H,88,115)(H,89,116)(H,90,123)(H,91,117)(H,92,106)(H,93,107)(H,94,105)(H,95,121)(H,96,114)(H,97,124)(H,98,125)(H,99,118)(H,100,120)(H,101,119)(H,102,122)(H,108,109)(H,110,111)(H,112,113)(H,126,127)(H4,83,84,85)/t42-,45-,47-,48-,49-,50-,51-,52-,53-,54-,63-,64-,65-/m0/s1. The van der Waals surface area contributed by atoms with Crippen molar-refractivity contribution in [2.45, 2.75) is 245 Å². The number of H-pyrrole nitrogens is 1. The van der Waals surface area contributed by atoms with Crippen LogP contribution >= 0.6 is 0 Å². The molecule has 0 unspecified atom stereocenters. The molecule has 0 saturated carbocycles.